The summed E-state index contributed by atoms with van der Waals surface area (Å²) in [5.74, 6) is 0.370. The van der Waals surface area contributed by atoms with Crippen molar-refractivity contribution < 1.29 is 14.3 Å². The first-order valence-corrected chi connectivity index (χ1v) is 15.4. The lowest BCUT2D eigenvalue weighted by Crippen LogP contribution is -2.16. The number of carbonyl (C=O) groups is 2. The quantitative estimate of drug-likeness (QED) is 0.176. The summed E-state index contributed by atoms with van der Waals surface area (Å²) < 4.78 is 7.21. The van der Waals surface area contributed by atoms with Crippen molar-refractivity contribution in [2.24, 2.45) is 0 Å². The zero-order valence-electron chi connectivity index (χ0n) is 21.7. The molecule has 0 saturated carbocycles. The standard InChI is InChI=1S/C28H30N4O3S3/c1-4-14-32-25(20-15-36-21-13-9-8-12-19(20)21)30-31-28(32)37-16-22(33)29-26-24(27(34)35-3)23(17(2)38-26)18-10-6-5-7-11-18/h5-7,10-11,15H,4,8-9,12-14,16H2,1-3H3,(H,29,33). The summed E-state index contributed by atoms with van der Waals surface area (Å²) in [7, 11) is 1.36. The van der Waals surface area contributed by atoms with Gasteiger partial charge in [-0.1, -0.05) is 49.0 Å². The van der Waals surface area contributed by atoms with Gasteiger partial charge in [0.25, 0.3) is 0 Å². The monoisotopic (exact) mass is 566 g/mol. The van der Waals surface area contributed by atoms with Crippen LogP contribution < -0.4 is 5.32 Å². The third-order valence-electron chi connectivity index (χ3n) is 6.59. The number of rotatable bonds is 9. The third kappa shape index (κ3) is 5.30. The van der Waals surface area contributed by atoms with Gasteiger partial charge in [-0.25, -0.2) is 4.79 Å². The van der Waals surface area contributed by atoms with E-state index in [4.69, 9.17) is 4.74 Å². The Morgan fingerprint density at radius 3 is 2.71 bits per heavy atom. The van der Waals surface area contributed by atoms with E-state index in [1.165, 1.54) is 59.1 Å². The highest BCUT2D eigenvalue weighted by atomic mass is 32.2. The fraction of sp³-hybridized carbons (Fsp3) is 0.357. The molecule has 4 aromatic rings. The number of carbonyl (C=O) groups excluding carboxylic acids is 2. The summed E-state index contributed by atoms with van der Waals surface area (Å²) in [5.41, 5.74) is 4.69. The summed E-state index contributed by atoms with van der Waals surface area (Å²) in [6.45, 7) is 4.86. The Morgan fingerprint density at radius 1 is 1.16 bits per heavy atom. The topological polar surface area (TPSA) is 86.1 Å². The van der Waals surface area contributed by atoms with Gasteiger partial charge in [0.2, 0.25) is 5.91 Å². The summed E-state index contributed by atoms with van der Waals surface area (Å²) in [4.78, 5) is 28.2. The molecule has 1 aliphatic rings. The first-order valence-electron chi connectivity index (χ1n) is 12.7. The zero-order valence-corrected chi connectivity index (χ0v) is 24.2. The van der Waals surface area contributed by atoms with Gasteiger partial charge in [0.05, 0.1) is 12.9 Å². The van der Waals surface area contributed by atoms with Gasteiger partial charge in [-0.3, -0.25) is 4.79 Å². The molecule has 10 heteroatoms. The van der Waals surface area contributed by atoms with E-state index in [0.717, 1.165) is 52.8 Å². The Morgan fingerprint density at radius 2 is 1.95 bits per heavy atom. The maximum absolute atomic E-state index is 13.1. The molecular formula is C28H30N4O3S3. The van der Waals surface area contributed by atoms with Crippen molar-refractivity contribution in [1.82, 2.24) is 14.8 Å². The lowest BCUT2D eigenvalue weighted by Gasteiger charge is -2.13. The number of nitrogens with one attached hydrogen (secondary N) is 1. The second-order valence-corrected chi connectivity index (χ2v) is 12.3. The average Bonchev–Trinajstić information content (AvgIpc) is 3.62. The number of anilines is 1. The summed E-state index contributed by atoms with van der Waals surface area (Å²) in [5, 5.41) is 15.4. The number of thioether (sulfide) groups is 1. The Kier molecular flexibility index (Phi) is 8.30. The highest BCUT2D eigenvalue weighted by Crippen LogP contribution is 2.41. The number of ether oxygens (including phenoxy) is 1. The van der Waals surface area contributed by atoms with Gasteiger partial charge in [-0.15, -0.1) is 32.9 Å². The van der Waals surface area contributed by atoms with Crippen LogP contribution in [-0.2, 0) is 28.9 Å². The van der Waals surface area contributed by atoms with E-state index in [1.807, 2.05) is 48.6 Å². The maximum Gasteiger partial charge on any atom is 0.341 e. The minimum atomic E-state index is -0.470. The average molecular weight is 567 g/mol. The molecule has 1 amide bonds. The van der Waals surface area contributed by atoms with Crippen LogP contribution in [0.3, 0.4) is 0 Å². The highest BCUT2D eigenvalue weighted by Gasteiger charge is 2.26. The molecule has 3 aromatic heterocycles. The maximum atomic E-state index is 13.1. The number of fused-ring (bicyclic) bond motifs is 1. The van der Waals surface area contributed by atoms with Crippen molar-refractivity contribution in [3.05, 3.63) is 56.6 Å². The Bertz CT molecular complexity index is 1460. The van der Waals surface area contributed by atoms with Gasteiger partial charge < -0.3 is 14.6 Å². The van der Waals surface area contributed by atoms with Crippen LogP contribution >= 0.6 is 34.4 Å². The second-order valence-electron chi connectivity index (χ2n) is 9.15. The van der Waals surface area contributed by atoms with Crippen LogP contribution in [0, 0.1) is 6.92 Å². The fourth-order valence-corrected chi connectivity index (χ4v) is 7.85. The van der Waals surface area contributed by atoms with Gasteiger partial charge in [-0.05, 0) is 50.2 Å². The Balaban J connectivity index is 1.35. The molecular weight excluding hydrogens is 537 g/mol. The van der Waals surface area contributed by atoms with Crippen molar-refractivity contribution in [1.29, 1.82) is 0 Å². The van der Waals surface area contributed by atoms with Crippen LogP contribution in [0.5, 0.6) is 0 Å². The number of amides is 1. The Hall–Kier alpha value is -2.95. The smallest absolute Gasteiger partial charge is 0.341 e. The van der Waals surface area contributed by atoms with Gasteiger partial charge >= 0.3 is 5.97 Å². The van der Waals surface area contributed by atoms with Gasteiger partial charge in [0.1, 0.15) is 10.6 Å². The fourth-order valence-electron chi connectivity index (χ4n) is 4.88. The first-order chi connectivity index (χ1) is 18.5. The molecule has 38 heavy (non-hydrogen) atoms. The second kappa shape index (κ2) is 11.8. The largest absolute Gasteiger partial charge is 0.465 e. The minimum absolute atomic E-state index is 0.155. The minimum Gasteiger partial charge on any atom is -0.465 e. The summed E-state index contributed by atoms with van der Waals surface area (Å²) in [6.07, 6.45) is 5.63. The molecule has 198 valence electrons. The molecule has 0 bridgehead atoms. The van der Waals surface area contributed by atoms with Crippen LogP contribution in [0.15, 0.2) is 40.9 Å². The number of hydrogen-bond acceptors (Lipinski definition) is 8. The van der Waals surface area contributed by atoms with Crippen molar-refractivity contribution in [2.75, 3.05) is 18.2 Å². The molecule has 0 atom stereocenters. The van der Waals surface area contributed by atoms with E-state index in [1.54, 1.807) is 0 Å². The van der Waals surface area contributed by atoms with E-state index in [-0.39, 0.29) is 11.7 Å². The van der Waals surface area contributed by atoms with E-state index in [9.17, 15) is 9.59 Å². The predicted octanol–water partition coefficient (Wildman–Crippen LogP) is 6.85. The van der Waals surface area contributed by atoms with E-state index in [0.29, 0.717) is 10.6 Å². The molecule has 0 radical (unpaired) electrons. The van der Waals surface area contributed by atoms with Crippen molar-refractivity contribution in [3.63, 3.8) is 0 Å². The van der Waals surface area contributed by atoms with Crippen LogP contribution in [0.1, 0.15) is 51.9 Å². The molecule has 3 heterocycles. The molecule has 0 saturated heterocycles. The summed E-state index contributed by atoms with van der Waals surface area (Å²) in [6, 6.07) is 9.68. The lowest BCUT2D eigenvalue weighted by molar-refractivity contribution is -0.113. The number of nitrogens with zero attached hydrogens (tertiary/aromatic N) is 3. The molecule has 5 rings (SSSR count). The molecule has 1 aliphatic carbocycles. The lowest BCUT2D eigenvalue weighted by atomic mass is 9.95. The van der Waals surface area contributed by atoms with Crippen LogP contribution in [0.4, 0.5) is 5.00 Å². The highest BCUT2D eigenvalue weighted by molar-refractivity contribution is 7.99. The molecule has 7 nitrogen and oxygen atoms in total. The van der Waals surface area contributed by atoms with Crippen molar-refractivity contribution >= 4 is 51.3 Å². The molecule has 0 unspecified atom stereocenters. The number of benzene rings is 1. The van der Waals surface area contributed by atoms with E-state index < -0.39 is 5.97 Å². The normalized spacial score (nSPS) is 12.8. The summed E-state index contributed by atoms with van der Waals surface area (Å²) >= 11 is 4.57. The number of aryl methyl sites for hydroxylation is 2. The molecule has 1 aromatic carbocycles. The van der Waals surface area contributed by atoms with Crippen LogP contribution in [0.2, 0.25) is 0 Å². The van der Waals surface area contributed by atoms with E-state index >= 15 is 0 Å². The number of hydrogen-bond donors (Lipinski definition) is 1. The number of thiophene rings is 2. The number of methoxy groups -OCH3 is 1. The SMILES string of the molecule is CCCn1c(SCC(=O)Nc2sc(C)c(-c3ccccc3)c2C(=O)OC)nnc1-c1csc2c1CCCC2. The van der Waals surface area contributed by atoms with E-state index in [2.05, 4.69) is 32.4 Å². The van der Waals surface area contributed by atoms with Gasteiger partial charge in [0, 0.05) is 32.8 Å². The zero-order chi connectivity index (χ0) is 26.6. The van der Waals surface area contributed by atoms with Gasteiger partial charge in [-0.2, -0.15) is 0 Å². The molecule has 1 N–H and O–H groups in total. The van der Waals surface area contributed by atoms with Crippen LogP contribution in [0.25, 0.3) is 22.5 Å². The van der Waals surface area contributed by atoms with Crippen molar-refractivity contribution in [2.45, 2.75) is 57.7 Å². The third-order valence-corrected chi connectivity index (χ3v) is 9.66. The first kappa shape index (κ1) is 26.6. The van der Waals surface area contributed by atoms with Crippen LogP contribution in [-0.4, -0.2) is 39.5 Å². The molecule has 0 aliphatic heterocycles. The predicted molar refractivity (Wildman–Crippen MR) is 155 cm³/mol. The van der Waals surface area contributed by atoms with Crippen molar-refractivity contribution in [3.8, 4) is 22.5 Å². The molecule has 0 fully saturated rings. The van der Waals surface area contributed by atoms with Gasteiger partial charge in [0.15, 0.2) is 11.0 Å². The Labute approximate surface area is 234 Å². The number of esters is 1. The molecule has 0 spiro atoms. The number of aromatic nitrogens is 3.